The van der Waals surface area contributed by atoms with Gasteiger partial charge in [-0.1, -0.05) is 25.1 Å². The molecule has 2 aromatic rings. The van der Waals surface area contributed by atoms with Gasteiger partial charge in [0.2, 0.25) is 5.91 Å². The van der Waals surface area contributed by atoms with E-state index in [-0.39, 0.29) is 17.9 Å². The third-order valence-corrected chi connectivity index (χ3v) is 4.69. The third-order valence-electron chi connectivity index (χ3n) is 4.69. The molecule has 0 aliphatic carbocycles. The lowest BCUT2D eigenvalue weighted by Gasteiger charge is -2.25. The van der Waals surface area contributed by atoms with E-state index in [2.05, 4.69) is 24.3 Å². The SMILES string of the molecule is Cc1noc(C)c1CCC(=O)N[C@H](c1ccc2c(c1)OCCO2)C(C)C. The van der Waals surface area contributed by atoms with Gasteiger partial charge in [0.25, 0.3) is 0 Å². The second kappa shape index (κ2) is 7.81. The van der Waals surface area contributed by atoms with Gasteiger partial charge in [0.05, 0.1) is 11.7 Å². The van der Waals surface area contributed by atoms with Gasteiger partial charge in [-0.05, 0) is 43.9 Å². The molecule has 6 nitrogen and oxygen atoms in total. The normalized spacial score (nSPS) is 14.3. The molecule has 1 atom stereocenters. The standard InChI is InChI=1S/C20H26N2O4/c1-12(2)20(15-5-7-17-18(11-15)25-10-9-24-17)21-19(23)8-6-16-13(3)22-26-14(16)4/h5,7,11-12,20H,6,8-10H2,1-4H3,(H,21,23)/t20-/m0/s1. The van der Waals surface area contributed by atoms with Crippen LogP contribution < -0.4 is 14.8 Å². The van der Waals surface area contributed by atoms with E-state index in [9.17, 15) is 4.79 Å². The number of rotatable bonds is 6. The van der Waals surface area contributed by atoms with Gasteiger partial charge in [-0.25, -0.2) is 0 Å². The van der Waals surface area contributed by atoms with Crippen molar-refractivity contribution in [3.8, 4) is 11.5 Å². The molecule has 2 heterocycles. The maximum atomic E-state index is 12.5. The Morgan fingerprint density at radius 1 is 1.19 bits per heavy atom. The first kappa shape index (κ1) is 18.3. The van der Waals surface area contributed by atoms with Crippen LogP contribution in [0, 0.1) is 19.8 Å². The molecular formula is C20H26N2O4. The van der Waals surface area contributed by atoms with Crippen LogP contribution in [0.5, 0.6) is 11.5 Å². The average Bonchev–Trinajstić information content (AvgIpc) is 2.95. The summed E-state index contributed by atoms with van der Waals surface area (Å²) in [4.78, 5) is 12.5. The van der Waals surface area contributed by atoms with E-state index >= 15 is 0 Å². The van der Waals surface area contributed by atoms with Crippen LogP contribution in [-0.2, 0) is 11.2 Å². The van der Waals surface area contributed by atoms with Crippen molar-refractivity contribution >= 4 is 5.91 Å². The first-order chi connectivity index (χ1) is 12.5. The van der Waals surface area contributed by atoms with Crippen LogP contribution in [0.4, 0.5) is 0 Å². The number of ether oxygens (including phenoxy) is 2. The average molecular weight is 358 g/mol. The molecule has 6 heteroatoms. The molecule has 1 aliphatic rings. The van der Waals surface area contributed by atoms with Crippen molar-refractivity contribution in [1.82, 2.24) is 10.5 Å². The number of carbonyl (C=O) groups is 1. The summed E-state index contributed by atoms with van der Waals surface area (Å²) < 4.78 is 16.4. The van der Waals surface area contributed by atoms with Gasteiger partial charge in [-0.2, -0.15) is 0 Å². The van der Waals surface area contributed by atoms with Crippen LogP contribution in [0.3, 0.4) is 0 Å². The zero-order valence-corrected chi connectivity index (χ0v) is 15.8. The lowest BCUT2D eigenvalue weighted by Crippen LogP contribution is -2.32. The Bertz CT molecular complexity index is 763. The Kier molecular flexibility index (Phi) is 5.49. The molecule has 0 spiro atoms. The number of nitrogens with zero attached hydrogens (tertiary/aromatic N) is 1. The van der Waals surface area contributed by atoms with E-state index in [1.54, 1.807) is 0 Å². The number of carbonyl (C=O) groups excluding carboxylic acids is 1. The highest BCUT2D eigenvalue weighted by atomic mass is 16.6. The number of aryl methyl sites for hydroxylation is 2. The van der Waals surface area contributed by atoms with Gasteiger partial charge in [0.1, 0.15) is 19.0 Å². The van der Waals surface area contributed by atoms with Crippen molar-refractivity contribution in [3.05, 3.63) is 40.8 Å². The topological polar surface area (TPSA) is 73.6 Å². The molecule has 0 bridgehead atoms. The molecule has 0 radical (unpaired) electrons. The number of nitrogens with one attached hydrogen (secondary N) is 1. The van der Waals surface area contributed by atoms with E-state index in [0.717, 1.165) is 34.1 Å². The van der Waals surface area contributed by atoms with Gasteiger partial charge in [-0.15, -0.1) is 0 Å². The largest absolute Gasteiger partial charge is 0.486 e. The number of aromatic nitrogens is 1. The molecule has 0 saturated heterocycles. The fraction of sp³-hybridized carbons (Fsp3) is 0.500. The van der Waals surface area contributed by atoms with Crippen LogP contribution in [-0.4, -0.2) is 24.3 Å². The second-order valence-electron chi connectivity index (χ2n) is 7.00. The van der Waals surface area contributed by atoms with Crippen LogP contribution >= 0.6 is 0 Å². The second-order valence-corrected chi connectivity index (χ2v) is 7.00. The van der Waals surface area contributed by atoms with Crippen molar-refractivity contribution in [2.75, 3.05) is 13.2 Å². The molecule has 140 valence electrons. The number of hydrogen-bond donors (Lipinski definition) is 1. The Labute approximate surface area is 153 Å². The summed E-state index contributed by atoms with van der Waals surface area (Å²) in [6.07, 6.45) is 1.02. The lowest BCUT2D eigenvalue weighted by atomic mass is 9.95. The van der Waals surface area contributed by atoms with Crippen LogP contribution in [0.1, 0.15) is 48.9 Å². The number of amides is 1. The molecule has 1 aromatic heterocycles. The molecule has 0 unspecified atom stereocenters. The molecule has 1 aliphatic heterocycles. The monoisotopic (exact) mass is 358 g/mol. The minimum absolute atomic E-state index is 0.0126. The van der Waals surface area contributed by atoms with Crippen LogP contribution in [0.2, 0.25) is 0 Å². The fourth-order valence-corrected chi connectivity index (χ4v) is 3.23. The molecule has 1 N–H and O–H groups in total. The molecule has 0 fully saturated rings. The number of hydrogen-bond acceptors (Lipinski definition) is 5. The Morgan fingerprint density at radius 3 is 2.58 bits per heavy atom. The first-order valence-electron chi connectivity index (χ1n) is 9.06. The predicted octanol–water partition coefficient (Wildman–Crippen LogP) is 3.51. The smallest absolute Gasteiger partial charge is 0.220 e. The fourth-order valence-electron chi connectivity index (χ4n) is 3.23. The van der Waals surface area contributed by atoms with Gasteiger partial charge in [-0.3, -0.25) is 4.79 Å². The quantitative estimate of drug-likeness (QED) is 0.855. The van der Waals surface area contributed by atoms with Crippen molar-refractivity contribution in [1.29, 1.82) is 0 Å². The van der Waals surface area contributed by atoms with Crippen LogP contribution in [0.25, 0.3) is 0 Å². The molecule has 3 rings (SSSR count). The first-order valence-corrected chi connectivity index (χ1v) is 9.06. The zero-order chi connectivity index (χ0) is 18.7. The van der Waals surface area contributed by atoms with Gasteiger partial charge in [0, 0.05) is 12.0 Å². The molecular weight excluding hydrogens is 332 g/mol. The summed E-state index contributed by atoms with van der Waals surface area (Å²) in [6.45, 7) is 9.08. The third kappa shape index (κ3) is 4.00. The van der Waals surface area contributed by atoms with Crippen molar-refractivity contribution in [2.45, 2.75) is 46.6 Å². The van der Waals surface area contributed by atoms with E-state index < -0.39 is 0 Å². The maximum absolute atomic E-state index is 12.5. The van der Waals surface area contributed by atoms with E-state index in [1.807, 2.05) is 32.0 Å². The highest BCUT2D eigenvalue weighted by molar-refractivity contribution is 5.76. The van der Waals surface area contributed by atoms with Gasteiger partial charge < -0.3 is 19.3 Å². The minimum Gasteiger partial charge on any atom is -0.486 e. The molecule has 26 heavy (non-hydrogen) atoms. The van der Waals surface area contributed by atoms with Crippen molar-refractivity contribution in [3.63, 3.8) is 0 Å². The number of fused-ring (bicyclic) bond motifs is 1. The Morgan fingerprint density at radius 2 is 1.92 bits per heavy atom. The molecule has 1 amide bonds. The number of benzene rings is 1. The maximum Gasteiger partial charge on any atom is 0.220 e. The summed E-state index contributed by atoms with van der Waals surface area (Å²) in [7, 11) is 0. The van der Waals surface area contributed by atoms with Gasteiger partial charge in [0.15, 0.2) is 11.5 Å². The van der Waals surface area contributed by atoms with E-state index in [1.165, 1.54) is 0 Å². The Hall–Kier alpha value is -2.50. The summed E-state index contributed by atoms with van der Waals surface area (Å²) in [5, 5.41) is 7.09. The molecule has 1 aromatic carbocycles. The summed E-state index contributed by atoms with van der Waals surface area (Å²) in [6, 6.07) is 5.79. The highest BCUT2D eigenvalue weighted by Crippen LogP contribution is 2.34. The summed E-state index contributed by atoms with van der Waals surface area (Å²) in [5.41, 5.74) is 2.89. The van der Waals surface area contributed by atoms with Crippen LogP contribution in [0.15, 0.2) is 22.7 Å². The van der Waals surface area contributed by atoms with E-state index in [4.69, 9.17) is 14.0 Å². The molecule has 0 saturated carbocycles. The van der Waals surface area contributed by atoms with E-state index in [0.29, 0.717) is 26.1 Å². The highest BCUT2D eigenvalue weighted by Gasteiger charge is 2.22. The minimum atomic E-state index is -0.0806. The van der Waals surface area contributed by atoms with Gasteiger partial charge >= 0.3 is 0 Å². The summed E-state index contributed by atoms with van der Waals surface area (Å²) in [5.74, 6) is 2.54. The van der Waals surface area contributed by atoms with Crippen molar-refractivity contribution < 1.29 is 18.8 Å². The Balaban J connectivity index is 1.67. The predicted molar refractivity (Wildman–Crippen MR) is 97.5 cm³/mol. The van der Waals surface area contributed by atoms with Crippen molar-refractivity contribution in [2.24, 2.45) is 5.92 Å². The lowest BCUT2D eigenvalue weighted by molar-refractivity contribution is -0.122. The zero-order valence-electron chi connectivity index (χ0n) is 15.8. The summed E-state index contributed by atoms with van der Waals surface area (Å²) >= 11 is 0.